The van der Waals surface area contributed by atoms with Crippen LogP contribution in [0.2, 0.25) is 0 Å². The molecule has 0 unspecified atom stereocenters. The molecule has 0 aliphatic carbocycles. The van der Waals surface area contributed by atoms with Gasteiger partial charge < -0.3 is 14.4 Å². The third-order valence-corrected chi connectivity index (χ3v) is 7.27. The lowest BCUT2D eigenvalue weighted by atomic mass is 10.0. The molecule has 7 heteroatoms. The number of carbonyl (C=O) groups excluding carboxylic acids is 2. The zero-order chi connectivity index (χ0) is 23.8. The number of thiocarbonyl (C=S) groups is 1. The van der Waals surface area contributed by atoms with Crippen molar-refractivity contribution in [3.8, 4) is 0 Å². The number of fused-ring (bicyclic) bond motifs is 1. The van der Waals surface area contributed by atoms with Gasteiger partial charge in [0.25, 0.3) is 5.91 Å². The van der Waals surface area contributed by atoms with Gasteiger partial charge in [-0.1, -0.05) is 36.4 Å². The average Bonchev–Trinajstić information content (AvgIpc) is 3.29. The summed E-state index contributed by atoms with van der Waals surface area (Å²) >= 11 is 5.59. The highest BCUT2D eigenvalue weighted by atomic mass is 32.1. The van der Waals surface area contributed by atoms with Crippen molar-refractivity contribution < 1.29 is 9.59 Å². The lowest BCUT2D eigenvalue weighted by Crippen LogP contribution is -2.43. The molecule has 2 saturated heterocycles. The Kier molecular flexibility index (Phi) is 5.96. The number of benzene rings is 2. The summed E-state index contributed by atoms with van der Waals surface area (Å²) in [5.41, 5.74) is 3.12. The van der Waals surface area contributed by atoms with Crippen molar-refractivity contribution in [2.24, 2.45) is 0 Å². The molecule has 5 rings (SSSR count). The number of anilines is 1. The van der Waals surface area contributed by atoms with E-state index in [0.717, 1.165) is 41.5 Å². The smallest absolute Gasteiger partial charge is 0.281 e. The van der Waals surface area contributed by atoms with E-state index in [1.165, 1.54) is 6.42 Å². The van der Waals surface area contributed by atoms with Gasteiger partial charge in [0, 0.05) is 42.3 Å². The van der Waals surface area contributed by atoms with Gasteiger partial charge in [-0.25, -0.2) is 0 Å². The molecule has 6 nitrogen and oxygen atoms in total. The molecule has 2 amide bonds. The van der Waals surface area contributed by atoms with E-state index in [2.05, 4.69) is 6.92 Å². The predicted octanol–water partition coefficient (Wildman–Crippen LogP) is 4.65. The number of piperidine rings is 1. The molecule has 34 heavy (non-hydrogen) atoms. The van der Waals surface area contributed by atoms with Crippen molar-refractivity contribution in [2.45, 2.75) is 38.8 Å². The van der Waals surface area contributed by atoms with Gasteiger partial charge in [0.15, 0.2) is 5.11 Å². The average molecular weight is 473 g/mol. The van der Waals surface area contributed by atoms with Crippen LogP contribution in [0.15, 0.2) is 66.5 Å². The minimum absolute atomic E-state index is 0.137. The Morgan fingerprint density at radius 2 is 1.82 bits per heavy atom. The van der Waals surface area contributed by atoms with Crippen LogP contribution in [-0.4, -0.2) is 50.9 Å². The fourth-order valence-electron chi connectivity index (χ4n) is 4.93. The van der Waals surface area contributed by atoms with Crippen molar-refractivity contribution in [3.05, 3.63) is 72.1 Å². The molecule has 2 aromatic carbocycles. The summed E-state index contributed by atoms with van der Waals surface area (Å²) < 4.78 is 2.00. The number of amides is 2. The molecular weight excluding hydrogens is 444 g/mol. The summed E-state index contributed by atoms with van der Waals surface area (Å²) in [6.07, 6.45) is 7.15. The number of hydrogen-bond donors (Lipinski definition) is 0. The van der Waals surface area contributed by atoms with Gasteiger partial charge in [-0.15, -0.1) is 0 Å². The van der Waals surface area contributed by atoms with Crippen LogP contribution in [0.4, 0.5) is 5.69 Å². The number of hydrogen-bond acceptors (Lipinski definition) is 3. The Morgan fingerprint density at radius 1 is 1.09 bits per heavy atom. The van der Waals surface area contributed by atoms with Crippen LogP contribution in [0.1, 0.15) is 31.7 Å². The van der Waals surface area contributed by atoms with E-state index in [4.69, 9.17) is 12.2 Å². The fourth-order valence-corrected chi connectivity index (χ4v) is 5.22. The topological polar surface area (TPSA) is 48.8 Å². The molecule has 3 aromatic rings. The third kappa shape index (κ3) is 3.90. The second kappa shape index (κ2) is 9.06. The van der Waals surface area contributed by atoms with Gasteiger partial charge in [-0.05, 0) is 62.7 Å². The van der Waals surface area contributed by atoms with Crippen molar-refractivity contribution in [2.75, 3.05) is 18.5 Å². The molecule has 0 radical (unpaired) electrons. The zero-order valence-electron chi connectivity index (χ0n) is 19.5. The molecule has 3 heterocycles. The van der Waals surface area contributed by atoms with Crippen LogP contribution in [0.25, 0.3) is 17.0 Å². The standard InChI is InChI=1S/C27H28N4O2S/c1-19-10-8-9-15-30(19)25(32)18-29-17-20(22-13-6-7-14-23(22)29)16-24-26(33)31(27(34)28(24)2)21-11-4-3-5-12-21/h3-7,11-14,16-17,19H,8-10,15,18H2,1-2H3/b24-16+/t19-/m1/s1. The molecule has 1 atom stereocenters. The molecule has 0 bridgehead atoms. The Hall–Kier alpha value is -3.45. The fraction of sp³-hybridized carbons (Fsp3) is 0.296. The lowest BCUT2D eigenvalue weighted by molar-refractivity contribution is -0.135. The van der Waals surface area contributed by atoms with Gasteiger partial charge in [0.1, 0.15) is 12.2 Å². The second-order valence-electron chi connectivity index (χ2n) is 9.01. The molecule has 1 aromatic heterocycles. The van der Waals surface area contributed by atoms with Gasteiger partial charge >= 0.3 is 0 Å². The molecule has 0 N–H and O–H groups in total. The minimum Gasteiger partial charge on any atom is -0.338 e. The highest BCUT2D eigenvalue weighted by Crippen LogP contribution is 2.30. The van der Waals surface area contributed by atoms with Crippen LogP contribution < -0.4 is 4.90 Å². The summed E-state index contributed by atoms with van der Waals surface area (Å²) in [4.78, 5) is 31.8. The van der Waals surface area contributed by atoms with Crippen LogP contribution in [-0.2, 0) is 16.1 Å². The zero-order valence-corrected chi connectivity index (χ0v) is 20.3. The van der Waals surface area contributed by atoms with Crippen molar-refractivity contribution >= 4 is 51.8 Å². The largest absolute Gasteiger partial charge is 0.338 e. The van der Waals surface area contributed by atoms with E-state index < -0.39 is 0 Å². The maximum atomic E-state index is 13.4. The van der Waals surface area contributed by atoms with Crippen LogP contribution in [0.3, 0.4) is 0 Å². The molecular formula is C27H28N4O2S. The Labute approximate surface area is 205 Å². The number of likely N-dealkylation sites (tertiary alicyclic amines) is 1. The van der Waals surface area contributed by atoms with E-state index in [1.54, 1.807) is 9.80 Å². The second-order valence-corrected chi connectivity index (χ2v) is 9.37. The number of likely N-dealkylation sites (N-methyl/N-ethyl adjacent to an activating group) is 1. The number of para-hydroxylation sites is 2. The number of carbonyl (C=O) groups is 2. The lowest BCUT2D eigenvalue weighted by Gasteiger charge is -2.33. The van der Waals surface area contributed by atoms with E-state index in [1.807, 2.05) is 83.4 Å². The summed E-state index contributed by atoms with van der Waals surface area (Å²) in [5.74, 6) is -0.0219. The van der Waals surface area contributed by atoms with Crippen LogP contribution in [0.5, 0.6) is 0 Å². The quantitative estimate of drug-likeness (QED) is 0.410. The summed E-state index contributed by atoms with van der Waals surface area (Å²) in [6.45, 7) is 3.23. The summed E-state index contributed by atoms with van der Waals surface area (Å²) in [7, 11) is 1.81. The van der Waals surface area contributed by atoms with E-state index in [9.17, 15) is 9.59 Å². The molecule has 174 valence electrons. The first-order chi connectivity index (χ1) is 16.5. The van der Waals surface area contributed by atoms with Crippen LogP contribution >= 0.6 is 12.2 Å². The number of aromatic nitrogens is 1. The molecule has 2 aliphatic rings. The Balaban J connectivity index is 1.49. The monoisotopic (exact) mass is 472 g/mol. The van der Waals surface area contributed by atoms with Gasteiger partial charge in [0.2, 0.25) is 5.91 Å². The van der Waals surface area contributed by atoms with Crippen LogP contribution in [0, 0.1) is 0 Å². The van der Waals surface area contributed by atoms with Gasteiger partial charge in [-0.2, -0.15) is 0 Å². The highest BCUT2D eigenvalue weighted by Gasteiger charge is 2.37. The first-order valence-electron chi connectivity index (χ1n) is 11.7. The molecule has 2 fully saturated rings. The molecule has 2 aliphatic heterocycles. The van der Waals surface area contributed by atoms with E-state index >= 15 is 0 Å². The normalized spacial score (nSPS) is 20.1. The highest BCUT2D eigenvalue weighted by molar-refractivity contribution is 7.80. The van der Waals surface area contributed by atoms with Gasteiger partial charge in [-0.3, -0.25) is 14.5 Å². The van der Waals surface area contributed by atoms with Crippen molar-refractivity contribution in [3.63, 3.8) is 0 Å². The number of nitrogens with zero attached hydrogens (tertiary/aromatic N) is 4. The predicted molar refractivity (Wildman–Crippen MR) is 139 cm³/mol. The Morgan fingerprint density at radius 3 is 2.59 bits per heavy atom. The minimum atomic E-state index is -0.159. The van der Waals surface area contributed by atoms with Crippen molar-refractivity contribution in [1.29, 1.82) is 0 Å². The maximum absolute atomic E-state index is 13.4. The Bertz CT molecular complexity index is 1300. The summed E-state index contributed by atoms with van der Waals surface area (Å²) in [6, 6.07) is 17.7. The van der Waals surface area contributed by atoms with E-state index in [0.29, 0.717) is 10.8 Å². The van der Waals surface area contributed by atoms with Crippen molar-refractivity contribution in [1.82, 2.24) is 14.4 Å². The summed E-state index contributed by atoms with van der Waals surface area (Å²) in [5, 5.41) is 1.44. The van der Waals surface area contributed by atoms with Gasteiger partial charge in [0.05, 0.1) is 5.69 Å². The number of rotatable bonds is 4. The molecule has 0 saturated carbocycles. The first kappa shape index (κ1) is 22.3. The third-order valence-electron chi connectivity index (χ3n) is 6.82. The first-order valence-corrected chi connectivity index (χ1v) is 12.1. The maximum Gasteiger partial charge on any atom is 0.281 e. The SMILES string of the molecule is C[C@@H]1CCCCN1C(=O)Cn1cc(/C=C2\C(=O)N(c3ccccc3)C(=S)N2C)c2ccccc21. The molecule has 0 spiro atoms. The van der Waals surface area contributed by atoms with E-state index in [-0.39, 0.29) is 24.4 Å².